The van der Waals surface area contributed by atoms with E-state index in [2.05, 4.69) is 0 Å². The van der Waals surface area contributed by atoms with Gasteiger partial charge in [0.1, 0.15) is 11.3 Å². The minimum Gasteiger partial charge on any atom is -0.480 e. The average molecular weight is 444 g/mol. The Labute approximate surface area is 183 Å². The van der Waals surface area contributed by atoms with Crippen LogP contribution in [-0.4, -0.2) is 55.7 Å². The predicted octanol–water partition coefficient (Wildman–Crippen LogP) is 3.58. The third-order valence-corrected chi connectivity index (χ3v) is 7.04. The summed E-state index contributed by atoms with van der Waals surface area (Å²) in [4.78, 5) is 51.1. The lowest BCUT2D eigenvalue weighted by Crippen LogP contribution is -2.45. The molecule has 0 saturated carbocycles. The van der Waals surface area contributed by atoms with E-state index in [-0.39, 0.29) is 16.0 Å². The summed E-state index contributed by atoms with van der Waals surface area (Å²) in [6, 6.07) is 16.4. The second kappa shape index (κ2) is 10.4. The van der Waals surface area contributed by atoms with Crippen molar-refractivity contribution in [1.29, 1.82) is 0 Å². The lowest BCUT2D eigenvalue weighted by atomic mass is 10.2. The van der Waals surface area contributed by atoms with E-state index >= 15 is 0 Å². The van der Waals surface area contributed by atoms with Crippen molar-refractivity contribution in [3.8, 4) is 0 Å². The maximum atomic E-state index is 13.1. The summed E-state index contributed by atoms with van der Waals surface area (Å²) in [7, 11) is 0. The van der Waals surface area contributed by atoms with E-state index in [0.717, 1.165) is 23.5 Å². The second-order valence-corrected chi connectivity index (χ2v) is 8.92. The van der Waals surface area contributed by atoms with Crippen molar-refractivity contribution in [2.75, 3.05) is 12.3 Å². The molecule has 156 valence electrons. The number of aliphatic carboxylic acids is 1. The van der Waals surface area contributed by atoms with E-state index in [4.69, 9.17) is 0 Å². The molecular weight excluding hydrogens is 422 g/mol. The first kappa shape index (κ1) is 22.1. The number of rotatable bonds is 7. The molecule has 30 heavy (non-hydrogen) atoms. The SMILES string of the molecule is O=C(SCC(SC(=O)c1ccccc1)C(=O)N1CCC[C@H]1C(=O)O)c1ccccc1. The summed E-state index contributed by atoms with van der Waals surface area (Å²) in [5.41, 5.74) is 0.966. The van der Waals surface area contributed by atoms with Gasteiger partial charge in [-0.3, -0.25) is 14.4 Å². The molecule has 0 bridgehead atoms. The third kappa shape index (κ3) is 5.52. The molecule has 1 heterocycles. The third-order valence-electron chi connectivity index (χ3n) is 4.73. The van der Waals surface area contributed by atoms with Crippen molar-refractivity contribution < 1.29 is 24.3 Å². The van der Waals surface area contributed by atoms with Crippen LogP contribution in [0.3, 0.4) is 0 Å². The fourth-order valence-electron chi connectivity index (χ4n) is 3.21. The van der Waals surface area contributed by atoms with Crippen molar-refractivity contribution >= 4 is 45.6 Å². The number of thioether (sulfide) groups is 2. The number of hydrogen-bond acceptors (Lipinski definition) is 6. The predicted molar refractivity (Wildman–Crippen MR) is 118 cm³/mol. The molecule has 0 aromatic heterocycles. The minimum atomic E-state index is -1.05. The van der Waals surface area contributed by atoms with Gasteiger partial charge in [0.25, 0.3) is 0 Å². The molecule has 1 N–H and O–H groups in total. The zero-order valence-corrected chi connectivity index (χ0v) is 17.7. The number of carboxylic acid groups (broad SMARTS) is 1. The van der Waals surface area contributed by atoms with Crippen LogP contribution in [0, 0.1) is 0 Å². The van der Waals surface area contributed by atoms with Gasteiger partial charge in [-0.25, -0.2) is 4.79 Å². The van der Waals surface area contributed by atoms with Crippen LogP contribution in [0.25, 0.3) is 0 Å². The lowest BCUT2D eigenvalue weighted by molar-refractivity contribution is -0.147. The summed E-state index contributed by atoms with van der Waals surface area (Å²) < 4.78 is 0. The molecule has 1 aliphatic rings. The number of likely N-dealkylation sites (tertiary alicyclic amines) is 1. The summed E-state index contributed by atoms with van der Waals surface area (Å²) in [6.45, 7) is 0.337. The first-order valence-electron chi connectivity index (χ1n) is 9.49. The smallest absolute Gasteiger partial charge is 0.326 e. The highest BCUT2D eigenvalue weighted by atomic mass is 32.2. The van der Waals surface area contributed by atoms with Gasteiger partial charge in [-0.15, -0.1) is 0 Å². The van der Waals surface area contributed by atoms with Crippen molar-refractivity contribution in [1.82, 2.24) is 4.90 Å². The molecule has 1 aliphatic heterocycles. The van der Waals surface area contributed by atoms with Gasteiger partial charge in [0.15, 0.2) is 0 Å². The molecule has 2 aromatic carbocycles. The largest absolute Gasteiger partial charge is 0.480 e. The summed E-state index contributed by atoms with van der Waals surface area (Å²) >= 11 is 1.81. The number of nitrogens with zero attached hydrogens (tertiary/aromatic N) is 1. The average Bonchev–Trinajstić information content (AvgIpc) is 3.27. The second-order valence-electron chi connectivity index (χ2n) is 6.75. The van der Waals surface area contributed by atoms with Gasteiger partial charge in [-0.1, -0.05) is 84.2 Å². The number of benzene rings is 2. The van der Waals surface area contributed by atoms with Gasteiger partial charge >= 0.3 is 5.97 Å². The van der Waals surface area contributed by atoms with Crippen LogP contribution in [0.4, 0.5) is 0 Å². The Morgan fingerprint density at radius 1 is 0.933 bits per heavy atom. The Hall–Kier alpha value is -2.58. The van der Waals surface area contributed by atoms with Crippen LogP contribution in [0.2, 0.25) is 0 Å². The van der Waals surface area contributed by atoms with Crippen molar-refractivity contribution in [2.45, 2.75) is 24.1 Å². The fourth-order valence-corrected chi connectivity index (χ4v) is 5.20. The van der Waals surface area contributed by atoms with Gasteiger partial charge in [-0.2, -0.15) is 0 Å². The number of hydrogen-bond donors (Lipinski definition) is 1. The molecule has 1 fully saturated rings. The molecule has 2 atom stereocenters. The molecule has 0 radical (unpaired) electrons. The number of carboxylic acids is 1. The number of carbonyl (C=O) groups is 4. The quantitative estimate of drug-likeness (QED) is 0.699. The molecule has 1 amide bonds. The van der Waals surface area contributed by atoms with Gasteiger partial charge in [0, 0.05) is 23.4 Å². The summed E-state index contributed by atoms with van der Waals surface area (Å²) in [5, 5.41) is 8.08. The zero-order valence-electron chi connectivity index (χ0n) is 16.1. The maximum absolute atomic E-state index is 13.1. The van der Waals surface area contributed by atoms with Crippen LogP contribution in [0.5, 0.6) is 0 Å². The normalized spacial score (nSPS) is 16.8. The van der Waals surface area contributed by atoms with Crippen LogP contribution < -0.4 is 0 Å². The Morgan fingerprint density at radius 3 is 2.07 bits per heavy atom. The number of amides is 1. The Kier molecular flexibility index (Phi) is 7.70. The molecule has 6 nitrogen and oxygen atoms in total. The van der Waals surface area contributed by atoms with Crippen molar-refractivity contribution in [3.63, 3.8) is 0 Å². The maximum Gasteiger partial charge on any atom is 0.326 e. The molecule has 1 saturated heterocycles. The van der Waals surface area contributed by atoms with E-state index in [0.29, 0.717) is 30.5 Å². The van der Waals surface area contributed by atoms with E-state index < -0.39 is 23.2 Å². The zero-order chi connectivity index (χ0) is 21.5. The number of carbonyl (C=O) groups excluding carboxylic acids is 3. The Balaban J connectivity index is 1.75. The van der Waals surface area contributed by atoms with Crippen LogP contribution in [0.1, 0.15) is 33.6 Å². The first-order chi connectivity index (χ1) is 14.5. The van der Waals surface area contributed by atoms with Crippen molar-refractivity contribution in [3.05, 3.63) is 71.8 Å². The summed E-state index contributed by atoms with van der Waals surface area (Å²) in [6.07, 6.45) is 0.990. The highest BCUT2D eigenvalue weighted by Crippen LogP contribution is 2.28. The molecule has 1 unspecified atom stereocenters. The first-order valence-corrected chi connectivity index (χ1v) is 11.4. The Morgan fingerprint density at radius 2 is 1.50 bits per heavy atom. The fraction of sp³-hybridized carbons (Fsp3) is 0.273. The molecular formula is C22H21NO5S2. The van der Waals surface area contributed by atoms with E-state index in [1.165, 1.54) is 4.90 Å². The minimum absolute atomic E-state index is 0.0820. The molecule has 0 spiro atoms. The highest BCUT2D eigenvalue weighted by Gasteiger charge is 2.38. The van der Waals surface area contributed by atoms with E-state index in [1.807, 2.05) is 6.07 Å². The van der Waals surface area contributed by atoms with Gasteiger partial charge < -0.3 is 10.0 Å². The summed E-state index contributed by atoms with van der Waals surface area (Å²) in [5.74, 6) is -1.38. The molecule has 2 aromatic rings. The van der Waals surface area contributed by atoms with Gasteiger partial charge in [-0.05, 0) is 12.8 Å². The molecule has 0 aliphatic carbocycles. The van der Waals surface area contributed by atoms with Crippen LogP contribution in [-0.2, 0) is 9.59 Å². The lowest BCUT2D eigenvalue weighted by Gasteiger charge is -2.26. The topological polar surface area (TPSA) is 91.8 Å². The standard InChI is InChI=1S/C22H21NO5S2/c24-19(23-13-7-12-17(23)20(25)26)18(30-22(28)16-10-5-2-6-11-16)14-29-21(27)15-8-3-1-4-9-15/h1-6,8-11,17-18H,7,12-14H2,(H,25,26)/t17-,18?/m0/s1. The molecule has 8 heteroatoms. The highest BCUT2D eigenvalue weighted by molar-refractivity contribution is 8.18. The van der Waals surface area contributed by atoms with Gasteiger partial charge in [0.05, 0.1) is 0 Å². The van der Waals surface area contributed by atoms with Crippen LogP contribution >= 0.6 is 23.5 Å². The molecule has 3 rings (SSSR count). The van der Waals surface area contributed by atoms with Crippen molar-refractivity contribution in [2.24, 2.45) is 0 Å². The monoisotopic (exact) mass is 443 g/mol. The van der Waals surface area contributed by atoms with E-state index in [1.54, 1.807) is 54.6 Å². The Bertz CT molecular complexity index is 920. The van der Waals surface area contributed by atoms with E-state index in [9.17, 15) is 24.3 Å². The van der Waals surface area contributed by atoms with Crippen LogP contribution in [0.15, 0.2) is 60.7 Å². The van der Waals surface area contributed by atoms with Gasteiger partial charge in [0.2, 0.25) is 16.1 Å².